The maximum absolute atomic E-state index is 4.29. The molecule has 2 rings (SSSR count). The van der Waals surface area contributed by atoms with Gasteiger partial charge in [-0.1, -0.05) is 19.1 Å². The predicted molar refractivity (Wildman–Crippen MR) is 90.1 cm³/mol. The van der Waals surface area contributed by atoms with E-state index in [1.807, 2.05) is 12.4 Å². The van der Waals surface area contributed by atoms with Crippen molar-refractivity contribution in [3.8, 4) is 0 Å². The number of pyridine rings is 1. The maximum atomic E-state index is 4.29. The van der Waals surface area contributed by atoms with E-state index in [4.69, 9.17) is 0 Å². The molecule has 0 amide bonds. The number of benzene rings is 1. The van der Waals surface area contributed by atoms with Gasteiger partial charge in [0, 0.05) is 42.4 Å². The minimum absolute atomic E-state index is 0.860. The van der Waals surface area contributed by atoms with Crippen LogP contribution in [0.3, 0.4) is 0 Å². The van der Waals surface area contributed by atoms with Crippen LogP contribution in [0.25, 0.3) is 0 Å². The zero-order valence-corrected chi connectivity index (χ0v) is 13.3. The van der Waals surface area contributed by atoms with Gasteiger partial charge >= 0.3 is 0 Å². The molecule has 0 fully saturated rings. The zero-order chi connectivity index (χ0) is 15.1. The van der Waals surface area contributed by atoms with Gasteiger partial charge in [-0.2, -0.15) is 0 Å². The molecule has 1 N–H and O–H groups in total. The zero-order valence-electron chi connectivity index (χ0n) is 13.3. The molecule has 0 atom stereocenters. The van der Waals surface area contributed by atoms with Gasteiger partial charge in [0.05, 0.1) is 0 Å². The first-order valence-corrected chi connectivity index (χ1v) is 7.74. The van der Waals surface area contributed by atoms with E-state index < -0.39 is 0 Å². The Morgan fingerprint density at radius 1 is 1.19 bits per heavy atom. The molecule has 3 nitrogen and oxygen atoms in total. The Kier molecular flexibility index (Phi) is 5.76. The highest BCUT2D eigenvalue weighted by Gasteiger charge is 2.11. The second kappa shape index (κ2) is 7.79. The fourth-order valence-corrected chi connectivity index (χ4v) is 2.51. The van der Waals surface area contributed by atoms with Gasteiger partial charge in [0.15, 0.2) is 0 Å². The summed E-state index contributed by atoms with van der Waals surface area (Å²) in [5.41, 5.74) is 5.00. The first kappa shape index (κ1) is 15.5. The smallest absolute Gasteiger partial charge is 0.0487 e. The molecule has 1 heterocycles. The van der Waals surface area contributed by atoms with Gasteiger partial charge in [0.25, 0.3) is 0 Å². The van der Waals surface area contributed by atoms with Crippen molar-refractivity contribution in [3.63, 3.8) is 0 Å². The quantitative estimate of drug-likeness (QED) is 0.777. The minimum Gasteiger partial charge on any atom is -0.341 e. The average Bonchev–Trinajstić information content (AvgIpc) is 2.50. The van der Waals surface area contributed by atoms with Gasteiger partial charge in [-0.3, -0.25) is 4.98 Å². The van der Waals surface area contributed by atoms with Crippen molar-refractivity contribution >= 4 is 11.4 Å². The van der Waals surface area contributed by atoms with Crippen molar-refractivity contribution in [2.45, 2.75) is 33.7 Å². The highest BCUT2D eigenvalue weighted by molar-refractivity contribution is 5.66. The van der Waals surface area contributed by atoms with Crippen molar-refractivity contribution in [2.24, 2.45) is 0 Å². The monoisotopic (exact) mass is 283 g/mol. The standard InChI is InChI=1S/C18H25N3/c1-4-10-19-13-16-14-20-11-9-18(16)21(5-2)17-8-6-7-15(3)12-17/h6-9,11-12,14,19H,4-5,10,13H2,1-3H3. The highest BCUT2D eigenvalue weighted by atomic mass is 15.1. The first-order valence-electron chi connectivity index (χ1n) is 7.74. The molecule has 1 aromatic carbocycles. The first-order chi connectivity index (χ1) is 10.3. The summed E-state index contributed by atoms with van der Waals surface area (Å²) in [5, 5.41) is 3.47. The molecule has 0 aliphatic rings. The van der Waals surface area contributed by atoms with Crippen molar-refractivity contribution in [3.05, 3.63) is 53.9 Å². The molecule has 0 saturated heterocycles. The van der Waals surface area contributed by atoms with E-state index in [1.165, 1.54) is 22.5 Å². The van der Waals surface area contributed by atoms with Gasteiger partial charge in [0.1, 0.15) is 0 Å². The number of hydrogen-bond donors (Lipinski definition) is 1. The molecule has 0 radical (unpaired) electrons. The Morgan fingerprint density at radius 3 is 2.76 bits per heavy atom. The van der Waals surface area contributed by atoms with Gasteiger partial charge in [0.2, 0.25) is 0 Å². The largest absolute Gasteiger partial charge is 0.341 e. The van der Waals surface area contributed by atoms with E-state index in [2.05, 4.69) is 66.3 Å². The Bertz CT molecular complexity index is 566. The van der Waals surface area contributed by atoms with Gasteiger partial charge < -0.3 is 10.2 Å². The number of rotatable bonds is 7. The SMILES string of the molecule is CCCNCc1cnccc1N(CC)c1cccc(C)c1. The van der Waals surface area contributed by atoms with E-state index in [0.717, 1.165) is 26.1 Å². The number of nitrogens with one attached hydrogen (secondary N) is 1. The Hall–Kier alpha value is -1.87. The molecule has 0 bridgehead atoms. The van der Waals surface area contributed by atoms with E-state index in [1.54, 1.807) is 0 Å². The van der Waals surface area contributed by atoms with Crippen LogP contribution in [0.4, 0.5) is 11.4 Å². The van der Waals surface area contributed by atoms with E-state index in [9.17, 15) is 0 Å². The molecule has 0 aliphatic heterocycles. The molecule has 1 aromatic heterocycles. The maximum Gasteiger partial charge on any atom is 0.0487 e. The summed E-state index contributed by atoms with van der Waals surface area (Å²) in [6.07, 6.45) is 4.98. The molecular weight excluding hydrogens is 258 g/mol. The second-order valence-corrected chi connectivity index (χ2v) is 5.26. The van der Waals surface area contributed by atoms with Crippen LogP contribution in [0, 0.1) is 6.92 Å². The number of anilines is 2. The lowest BCUT2D eigenvalue weighted by Crippen LogP contribution is -2.21. The van der Waals surface area contributed by atoms with Crippen molar-refractivity contribution in [1.29, 1.82) is 0 Å². The Morgan fingerprint density at radius 2 is 2.05 bits per heavy atom. The van der Waals surface area contributed by atoms with E-state index in [0.29, 0.717) is 0 Å². The molecule has 0 saturated carbocycles. The van der Waals surface area contributed by atoms with Gasteiger partial charge in [-0.05, 0) is 50.6 Å². The second-order valence-electron chi connectivity index (χ2n) is 5.26. The minimum atomic E-state index is 0.860. The van der Waals surface area contributed by atoms with Crippen LogP contribution in [-0.2, 0) is 6.54 Å². The summed E-state index contributed by atoms with van der Waals surface area (Å²) in [4.78, 5) is 6.63. The third-order valence-corrected chi connectivity index (χ3v) is 3.54. The van der Waals surface area contributed by atoms with Crippen LogP contribution in [0.5, 0.6) is 0 Å². The topological polar surface area (TPSA) is 28.2 Å². The summed E-state index contributed by atoms with van der Waals surface area (Å²) in [7, 11) is 0. The van der Waals surface area contributed by atoms with Crippen LogP contribution in [0.2, 0.25) is 0 Å². The number of aryl methyl sites for hydroxylation is 1. The summed E-state index contributed by atoms with van der Waals surface area (Å²) in [6, 6.07) is 10.7. The molecule has 112 valence electrons. The summed E-state index contributed by atoms with van der Waals surface area (Å²) in [5.74, 6) is 0. The van der Waals surface area contributed by atoms with Gasteiger partial charge in [-0.15, -0.1) is 0 Å². The molecule has 21 heavy (non-hydrogen) atoms. The van der Waals surface area contributed by atoms with Crippen LogP contribution < -0.4 is 10.2 Å². The Labute approximate surface area is 128 Å². The number of aromatic nitrogens is 1. The molecule has 2 aromatic rings. The normalized spacial score (nSPS) is 10.6. The predicted octanol–water partition coefficient (Wildman–Crippen LogP) is 4.05. The molecule has 0 spiro atoms. The fourth-order valence-electron chi connectivity index (χ4n) is 2.51. The molecule has 0 unspecified atom stereocenters. The van der Waals surface area contributed by atoms with Crippen LogP contribution in [-0.4, -0.2) is 18.1 Å². The third kappa shape index (κ3) is 4.05. The van der Waals surface area contributed by atoms with Crippen molar-refractivity contribution in [1.82, 2.24) is 10.3 Å². The molecular formula is C18H25N3. The average molecular weight is 283 g/mol. The summed E-state index contributed by atoms with van der Waals surface area (Å²) < 4.78 is 0. The lowest BCUT2D eigenvalue weighted by atomic mass is 10.1. The lowest BCUT2D eigenvalue weighted by molar-refractivity contribution is 0.673. The van der Waals surface area contributed by atoms with Crippen LogP contribution in [0.15, 0.2) is 42.7 Å². The lowest BCUT2D eigenvalue weighted by Gasteiger charge is -2.26. The summed E-state index contributed by atoms with van der Waals surface area (Å²) >= 11 is 0. The van der Waals surface area contributed by atoms with Crippen LogP contribution >= 0.6 is 0 Å². The fraction of sp³-hybridized carbons (Fsp3) is 0.389. The number of nitrogens with zero attached hydrogens (tertiary/aromatic N) is 2. The van der Waals surface area contributed by atoms with Crippen molar-refractivity contribution < 1.29 is 0 Å². The number of hydrogen-bond acceptors (Lipinski definition) is 3. The molecule has 3 heteroatoms. The van der Waals surface area contributed by atoms with E-state index in [-0.39, 0.29) is 0 Å². The van der Waals surface area contributed by atoms with Crippen LogP contribution in [0.1, 0.15) is 31.4 Å². The van der Waals surface area contributed by atoms with Gasteiger partial charge in [-0.25, -0.2) is 0 Å². The third-order valence-electron chi connectivity index (χ3n) is 3.54. The Balaban J connectivity index is 2.29. The summed E-state index contributed by atoms with van der Waals surface area (Å²) in [6.45, 7) is 9.33. The van der Waals surface area contributed by atoms with Crippen molar-refractivity contribution in [2.75, 3.05) is 18.0 Å². The van der Waals surface area contributed by atoms with E-state index >= 15 is 0 Å². The molecule has 0 aliphatic carbocycles. The highest BCUT2D eigenvalue weighted by Crippen LogP contribution is 2.28.